The number of ether oxygens (including phenoxy) is 1. The first-order valence-electron chi connectivity index (χ1n) is 6.49. The minimum atomic E-state index is 0.362. The summed E-state index contributed by atoms with van der Waals surface area (Å²) in [5, 5.41) is 9.40. The van der Waals surface area contributed by atoms with Crippen molar-refractivity contribution in [1.29, 1.82) is 5.26 Å². The van der Waals surface area contributed by atoms with E-state index < -0.39 is 0 Å². The van der Waals surface area contributed by atoms with Crippen LogP contribution in [-0.4, -0.2) is 6.10 Å². The third-order valence-electron chi connectivity index (χ3n) is 3.54. The molecule has 2 rings (SSSR count). The smallest absolute Gasteiger partial charge is 0.0992 e. The summed E-state index contributed by atoms with van der Waals surface area (Å²) >= 11 is 6.12. The van der Waals surface area contributed by atoms with Gasteiger partial charge in [0.15, 0.2) is 0 Å². The van der Waals surface area contributed by atoms with Gasteiger partial charge >= 0.3 is 0 Å². The highest BCUT2D eigenvalue weighted by Gasteiger charge is 2.19. The predicted molar refractivity (Wildman–Crippen MR) is 72.4 cm³/mol. The van der Waals surface area contributed by atoms with Gasteiger partial charge in [-0.15, -0.1) is 0 Å². The Morgan fingerprint density at radius 2 is 2.28 bits per heavy atom. The zero-order valence-corrected chi connectivity index (χ0v) is 11.4. The van der Waals surface area contributed by atoms with Gasteiger partial charge in [0, 0.05) is 5.02 Å². The molecule has 1 saturated carbocycles. The van der Waals surface area contributed by atoms with E-state index in [0.29, 0.717) is 23.3 Å². The topological polar surface area (TPSA) is 33.0 Å². The van der Waals surface area contributed by atoms with Gasteiger partial charge < -0.3 is 4.74 Å². The maximum Gasteiger partial charge on any atom is 0.0992 e. The summed E-state index contributed by atoms with van der Waals surface area (Å²) < 4.78 is 5.93. The normalized spacial score (nSPS) is 23.6. The number of nitrogens with zero attached hydrogens (tertiary/aromatic N) is 1. The Hall–Kier alpha value is -1.04. The lowest BCUT2D eigenvalue weighted by molar-refractivity contribution is 0.00470. The fourth-order valence-electron chi connectivity index (χ4n) is 2.47. The van der Waals surface area contributed by atoms with Gasteiger partial charge in [-0.2, -0.15) is 5.26 Å². The third-order valence-corrected chi connectivity index (χ3v) is 3.90. The van der Waals surface area contributed by atoms with E-state index in [-0.39, 0.29) is 0 Å². The minimum absolute atomic E-state index is 0.362. The van der Waals surface area contributed by atoms with Crippen LogP contribution in [0.3, 0.4) is 0 Å². The number of benzene rings is 1. The molecular weight excluding hydrogens is 246 g/mol. The molecule has 18 heavy (non-hydrogen) atoms. The van der Waals surface area contributed by atoms with E-state index in [1.54, 1.807) is 12.1 Å². The van der Waals surface area contributed by atoms with Gasteiger partial charge in [0.1, 0.15) is 0 Å². The second-order valence-electron chi connectivity index (χ2n) is 5.12. The summed E-state index contributed by atoms with van der Waals surface area (Å²) in [6, 6.07) is 7.45. The average Bonchev–Trinajstić information content (AvgIpc) is 2.37. The second-order valence-corrected chi connectivity index (χ2v) is 5.53. The van der Waals surface area contributed by atoms with Crippen molar-refractivity contribution in [2.24, 2.45) is 5.92 Å². The van der Waals surface area contributed by atoms with Crippen molar-refractivity contribution in [2.45, 2.75) is 45.3 Å². The van der Waals surface area contributed by atoms with E-state index in [1.165, 1.54) is 12.8 Å². The van der Waals surface area contributed by atoms with Gasteiger partial charge in [-0.05, 0) is 36.5 Å². The first-order valence-corrected chi connectivity index (χ1v) is 6.87. The molecule has 0 aromatic heterocycles. The van der Waals surface area contributed by atoms with Gasteiger partial charge in [-0.1, -0.05) is 37.4 Å². The molecule has 1 aromatic rings. The molecule has 0 heterocycles. The number of halogens is 1. The summed E-state index contributed by atoms with van der Waals surface area (Å²) in [6.07, 6.45) is 5.23. The number of hydrogen-bond acceptors (Lipinski definition) is 2. The lowest BCUT2D eigenvalue weighted by Crippen LogP contribution is -2.21. The van der Waals surface area contributed by atoms with E-state index in [0.717, 1.165) is 24.3 Å². The quantitative estimate of drug-likeness (QED) is 0.814. The Morgan fingerprint density at radius 1 is 1.44 bits per heavy atom. The fraction of sp³-hybridized carbons (Fsp3) is 0.533. The molecule has 2 nitrogen and oxygen atoms in total. The van der Waals surface area contributed by atoms with Crippen LogP contribution in [0.5, 0.6) is 0 Å². The van der Waals surface area contributed by atoms with Gasteiger partial charge in [-0.3, -0.25) is 0 Å². The van der Waals surface area contributed by atoms with Gasteiger partial charge in [0.05, 0.1) is 24.3 Å². The van der Waals surface area contributed by atoms with Crippen molar-refractivity contribution >= 4 is 11.6 Å². The largest absolute Gasteiger partial charge is 0.373 e. The molecule has 0 spiro atoms. The molecular formula is C15H18ClNO. The third kappa shape index (κ3) is 3.48. The second kappa shape index (κ2) is 6.22. The van der Waals surface area contributed by atoms with Crippen LogP contribution in [0.1, 0.15) is 43.7 Å². The van der Waals surface area contributed by atoms with Crippen LogP contribution in [0.4, 0.5) is 0 Å². The fourth-order valence-corrected chi connectivity index (χ4v) is 2.71. The molecule has 1 fully saturated rings. The Labute approximate surface area is 114 Å². The molecule has 2 unspecified atom stereocenters. The molecule has 3 heteroatoms. The monoisotopic (exact) mass is 263 g/mol. The summed E-state index contributed by atoms with van der Waals surface area (Å²) in [5.74, 6) is 0.764. The van der Waals surface area contributed by atoms with Crippen LogP contribution in [-0.2, 0) is 11.3 Å². The standard InChI is InChI=1S/C15H18ClNO/c1-11-3-2-4-14(7-11)18-10-13-6-5-12(9-17)8-15(13)16/h5-6,8,11,14H,2-4,7,10H2,1H3. The van der Waals surface area contributed by atoms with E-state index in [9.17, 15) is 0 Å². The van der Waals surface area contributed by atoms with E-state index in [2.05, 4.69) is 13.0 Å². The molecule has 96 valence electrons. The molecule has 1 aromatic carbocycles. The number of hydrogen-bond donors (Lipinski definition) is 0. The van der Waals surface area contributed by atoms with E-state index in [4.69, 9.17) is 21.6 Å². The maximum atomic E-state index is 8.78. The lowest BCUT2D eigenvalue weighted by atomic mass is 9.89. The average molecular weight is 264 g/mol. The van der Waals surface area contributed by atoms with Crippen molar-refractivity contribution < 1.29 is 4.74 Å². The van der Waals surface area contributed by atoms with Crippen LogP contribution >= 0.6 is 11.6 Å². The predicted octanol–water partition coefficient (Wildman–Crippen LogP) is 4.31. The van der Waals surface area contributed by atoms with Gasteiger partial charge in [-0.25, -0.2) is 0 Å². The summed E-state index contributed by atoms with van der Waals surface area (Å²) in [6.45, 7) is 2.83. The molecule has 1 aliphatic rings. The Morgan fingerprint density at radius 3 is 2.94 bits per heavy atom. The van der Waals surface area contributed by atoms with E-state index >= 15 is 0 Å². The molecule has 0 N–H and O–H groups in total. The summed E-state index contributed by atoms with van der Waals surface area (Å²) in [5.41, 5.74) is 1.56. The first-order chi connectivity index (χ1) is 8.69. The number of rotatable bonds is 3. The Bertz CT molecular complexity index is 452. The highest BCUT2D eigenvalue weighted by molar-refractivity contribution is 6.31. The van der Waals surface area contributed by atoms with Crippen LogP contribution in [0.25, 0.3) is 0 Å². The summed E-state index contributed by atoms with van der Waals surface area (Å²) in [7, 11) is 0. The molecule has 0 saturated heterocycles. The van der Waals surface area contributed by atoms with Crippen molar-refractivity contribution in [2.75, 3.05) is 0 Å². The first kappa shape index (κ1) is 13.4. The molecule has 0 amide bonds. The van der Waals surface area contributed by atoms with Gasteiger partial charge in [0.2, 0.25) is 0 Å². The van der Waals surface area contributed by atoms with Crippen LogP contribution in [0.2, 0.25) is 5.02 Å². The Kier molecular flexibility index (Phi) is 4.63. The molecule has 0 radical (unpaired) electrons. The van der Waals surface area contributed by atoms with Crippen molar-refractivity contribution in [1.82, 2.24) is 0 Å². The maximum absolute atomic E-state index is 8.78. The van der Waals surface area contributed by atoms with Crippen LogP contribution < -0.4 is 0 Å². The van der Waals surface area contributed by atoms with Crippen molar-refractivity contribution in [3.63, 3.8) is 0 Å². The lowest BCUT2D eigenvalue weighted by Gasteiger charge is -2.26. The van der Waals surface area contributed by atoms with Crippen LogP contribution in [0, 0.1) is 17.2 Å². The minimum Gasteiger partial charge on any atom is -0.373 e. The molecule has 0 aliphatic heterocycles. The Balaban J connectivity index is 1.92. The molecule has 0 bridgehead atoms. The van der Waals surface area contributed by atoms with Crippen molar-refractivity contribution in [3.8, 4) is 6.07 Å². The molecule has 2 atom stereocenters. The summed E-state index contributed by atoms with van der Waals surface area (Å²) in [4.78, 5) is 0. The molecule has 1 aliphatic carbocycles. The van der Waals surface area contributed by atoms with Crippen LogP contribution in [0.15, 0.2) is 18.2 Å². The van der Waals surface area contributed by atoms with E-state index in [1.807, 2.05) is 6.07 Å². The highest BCUT2D eigenvalue weighted by atomic mass is 35.5. The SMILES string of the molecule is CC1CCCC(OCc2ccc(C#N)cc2Cl)C1. The zero-order valence-electron chi connectivity index (χ0n) is 10.7. The van der Waals surface area contributed by atoms with Crippen molar-refractivity contribution in [3.05, 3.63) is 34.3 Å². The zero-order chi connectivity index (χ0) is 13.0. The van der Waals surface area contributed by atoms with Gasteiger partial charge in [0.25, 0.3) is 0 Å². The highest BCUT2D eigenvalue weighted by Crippen LogP contribution is 2.27. The number of nitriles is 1.